The Morgan fingerprint density at radius 2 is 0.515 bits per heavy atom. The summed E-state index contributed by atoms with van der Waals surface area (Å²) in [4.78, 5) is 58.6. The Kier molecular flexibility index (Phi) is 74.5. The van der Waals surface area contributed by atoms with Crippen molar-refractivity contribution in [2.24, 2.45) is 0 Å². The van der Waals surface area contributed by atoms with Gasteiger partial charge < -0.3 is 34.2 Å². The molecule has 0 aliphatic rings. The highest BCUT2D eigenvalue weighted by Gasteiger charge is 2.29. The Morgan fingerprint density at radius 1 is 0.282 bits per heavy atom. The van der Waals surface area contributed by atoms with Crippen molar-refractivity contribution in [1.82, 2.24) is 0 Å². The van der Waals surface area contributed by atoms with Gasteiger partial charge in [-0.25, -0.2) is 9.13 Å². The first-order valence-corrected chi connectivity index (χ1v) is 43.8. The largest absolute Gasteiger partial charge is 0.472 e. The van der Waals surface area contributed by atoms with Gasteiger partial charge >= 0.3 is 33.6 Å². The van der Waals surface area contributed by atoms with Gasteiger partial charge in [0.25, 0.3) is 0 Å². The lowest BCUT2D eigenvalue weighted by molar-refractivity contribution is -0.161. The number of allylic oxidation sites excluding steroid dienone is 20. The van der Waals surface area contributed by atoms with Crippen molar-refractivity contribution in [3.8, 4) is 0 Å². The molecule has 16 nitrogen and oxygen atoms in total. The second-order valence-corrected chi connectivity index (χ2v) is 30.1. The average Bonchev–Trinajstić information content (AvgIpc) is 0.917. The molecule has 0 aliphatic carbocycles. The molecular formula is C85H148O16P2. The fraction of sp³-hybridized carbons (Fsp3) is 0.729. The number of phosphoric acid groups is 2. The second-order valence-electron chi connectivity index (χ2n) is 27.2. The lowest BCUT2D eigenvalue weighted by Gasteiger charge is -2.21. The molecule has 0 amide bonds. The average molecular weight is 1490 g/mol. The van der Waals surface area contributed by atoms with E-state index in [1.54, 1.807) is 0 Å². The summed E-state index contributed by atoms with van der Waals surface area (Å²) in [6, 6.07) is 0. The van der Waals surface area contributed by atoms with E-state index >= 15 is 0 Å². The van der Waals surface area contributed by atoms with Gasteiger partial charge in [0.15, 0.2) is 6.10 Å². The van der Waals surface area contributed by atoms with E-state index in [0.29, 0.717) is 19.3 Å². The van der Waals surface area contributed by atoms with Crippen molar-refractivity contribution in [2.45, 2.75) is 360 Å². The molecule has 0 rings (SSSR count). The van der Waals surface area contributed by atoms with Gasteiger partial charge in [-0.15, -0.1) is 0 Å². The van der Waals surface area contributed by atoms with Gasteiger partial charge in [0.05, 0.1) is 26.4 Å². The fourth-order valence-corrected chi connectivity index (χ4v) is 12.5. The summed E-state index contributed by atoms with van der Waals surface area (Å²) in [5, 5.41) is 20.6. The van der Waals surface area contributed by atoms with Crippen LogP contribution < -0.4 is 0 Å². The maximum Gasteiger partial charge on any atom is 0.472 e. The first kappa shape index (κ1) is 98.9. The van der Waals surface area contributed by atoms with Crippen LogP contribution in [-0.4, -0.2) is 95.9 Å². The van der Waals surface area contributed by atoms with E-state index in [2.05, 4.69) is 142 Å². The number of aliphatic hydroxyl groups excluding tert-OH is 2. The zero-order chi connectivity index (χ0) is 75.2. The Balaban J connectivity index is 4.45. The third-order valence-corrected chi connectivity index (χ3v) is 19.0. The number of esters is 3. The highest BCUT2D eigenvalue weighted by Crippen LogP contribution is 2.45. The predicted molar refractivity (Wildman–Crippen MR) is 427 cm³/mol. The molecule has 0 bridgehead atoms. The molecule has 0 spiro atoms. The number of hydrogen-bond acceptors (Lipinski definition) is 14. The minimum atomic E-state index is -4.94. The van der Waals surface area contributed by atoms with Crippen LogP contribution in [-0.2, 0) is 55.8 Å². The van der Waals surface area contributed by atoms with Crippen LogP contribution in [0.1, 0.15) is 342 Å². The zero-order valence-corrected chi connectivity index (χ0v) is 66.7. The fourth-order valence-electron chi connectivity index (χ4n) is 10.9. The van der Waals surface area contributed by atoms with Crippen molar-refractivity contribution < 1.29 is 75.8 Å². The molecule has 0 radical (unpaired) electrons. The number of ether oxygens (including phenoxy) is 3. The van der Waals surface area contributed by atoms with E-state index in [-0.39, 0.29) is 19.3 Å². The van der Waals surface area contributed by atoms with Gasteiger partial charge in [0, 0.05) is 19.3 Å². The number of rotatable bonds is 77. The molecule has 5 unspecified atom stereocenters. The van der Waals surface area contributed by atoms with Crippen molar-refractivity contribution in [1.29, 1.82) is 0 Å². The smallest absolute Gasteiger partial charge is 0.463 e. The standard InChI is InChI=1S/C85H148O16P2/c1-4-7-10-13-16-19-22-25-28-30-32-33-34-35-36-37-38-39-40-41-42-43-44-45-47-49-51-53-56-59-62-65-68-71-83(88)95-74-80(86)75-97-102(91,92)98-76-81(87)77-99-103(93,94)100-79-82(101-85(90)73-70-67-64-61-58-55-50-27-24-21-18-15-12-9-6-3)78-96-84(89)72-69-66-63-60-57-54-52-48-46-31-29-26-23-20-17-14-11-8-5-2/h8,11,16-17,19-20,25-29,32-33,35-36,46,48,50,54,57,80-82,86-87H,4-7,9-10,12-15,18,21-24,30-31,34,37-45,47,49,51-53,55-56,58-79H2,1-3H3,(H,91,92)(H,93,94)/b11-8-,19-16-,20-17-,28-25-,29-26-,33-32-,36-35-,48-46-,50-27-,57-54-. The molecule has 0 aromatic carbocycles. The SMILES string of the molecule is CC/C=C\C/C=C\C/C=C\C/C=C\C/C=C\CCCCCC(=O)OCC(COP(=O)(O)OCC(O)COP(=O)(O)OCC(O)COC(=O)CCCCCCCCCCCCCCCCCCC/C=C\C/C=C\C/C=C\C/C=C\CCCCC)OC(=O)CCCCCCC/C=C\CCCCCCCC. The van der Waals surface area contributed by atoms with Crippen LogP contribution in [0.3, 0.4) is 0 Å². The highest BCUT2D eigenvalue weighted by atomic mass is 31.2. The first-order chi connectivity index (χ1) is 50.2. The Hall–Kier alpha value is -4.05. The summed E-state index contributed by atoms with van der Waals surface area (Å²) in [5.41, 5.74) is 0. The van der Waals surface area contributed by atoms with Crippen LogP contribution in [0.4, 0.5) is 0 Å². The molecule has 0 heterocycles. The third kappa shape index (κ3) is 78.8. The minimum absolute atomic E-state index is 0.0858. The molecule has 18 heteroatoms. The van der Waals surface area contributed by atoms with E-state index in [4.69, 9.17) is 32.3 Å². The number of hydrogen-bond donors (Lipinski definition) is 4. The van der Waals surface area contributed by atoms with Crippen molar-refractivity contribution in [3.05, 3.63) is 122 Å². The number of unbranched alkanes of at least 4 members (excludes halogenated alkanes) is 34. The summed E-state index contributed by atoms with van der Waals surface area (Å²) < 4.78 is 61.1. The van der Waals surface area contributed by atoms with Crippen LogP contribution in [0.15, 0.2) is 122 Å². The molecule has 594 valence electrons. The number of aliphatic hydroxyl groups is 2. The number of phosphoric ester groups is 2. The summed E-state index contributed by atoms with van der Waals surface area (Å²) in [7, 11) is -9.80. The monoisotopic (exact) mass is 1490 g/mol. The Morgan fingerprint density at radius 3 is 0.854 bits per heavy atom. The Bertz CT molecular complexity index is 2360. The van der Waals surface area contributed by atoms with Crippen LogP contribution in [0, 0.1) is 0 Å². The van der Waals surface area contributed by atoms with Crippen LogP contribution >= 0.6 is 15.6 Å². The van der Waals surface area contributed by atoms with Crippen LogP contribution in [0.5, 0.6) is 0 Å². The molecule has 0 aliphatic heterocycles. The Labute approximate surface area is 627 Å². The van der Waals surface area contributed by atoms with E-state index in [9.17, 15) is 43.5 Å². The van der Waals surface area contributed by atoms with Crippen molar-refractivity contribution in [2.75, 3.05) is 39.6 Å². The van der Waals surface area contributed by atoms with Crippen LogP contribution in [0.25, 0.3) is 0 Å². The first-order valence-electron chi connectivity index (χ1n) is 40.8. The third-order valence-electron chi connectivity index (χ3n) is 17.1. The van der Waals surface area contributed by atoms with Crippen LogP contribution in [0.2, 0.25) is 0 Å². The molecule has 0 saturated carbocycles. The van der Waals surface area contributed by atoms with E-state index in [0.717, 1.165) is 128 Å². The summed E-state index contributed by atoms with van der Waals surface area (Å²) >= 11 is 0. The predicted octanol–water partition coefficient (Wildman–Crippen LogP) is 24.1. The molecule has 0 saturated heterocycles. The molecule has 4 N–H and O–H groups in total. The lowest BCUT2D eigenvalue weighted by Crippen LogP contribution is -2.30. The van der Waals surface area contributed by atoms with E-state index in [1.165, 1.54) is 154 Å². The highest BCUT2D eigenvalue weighted by molar-refractivity contribution is 7.47. The maximum absolute atomic E-state index is 13.0. The molecule has 103 heavy (non-hydrogen) atoms. The molecule has 5 atom stereocenters. The van der Waals surface area contributed by atoms with E-state index < -0.39 is 91.5 Å². The van der Waals surface area contributed by atoms with E-state index in [1.807, 2.05) is 0 Å². The second kappa shape index (κ2) is 77.6. The van der Waals surface area contributed by atoms with Gasteiger partial charge in [0.2, 0.25) is 0 Å². The van der Waals surface area contributed by atoms with Gasteiger partial charge in [0.1, 0.15) is 25.4 Å². The van der Waals surface area contributed by atoms with Gasteiger partial charge in [-0.3, -0.25) is 32.5 Å². The molecule has 0 aromatic rings. The maximum atomic E-state index is 13.0. The normalized spacial score (nSPS) is 14.6. The van der Waals surface area contributed by atoms with Crippen molar-refractivity contribution >= 4 is 33.6 Å². The quantitative estimate of drug-likeness (QED) is 0.0146. The minimum Gasteiger partial charge on any atom is -0.463 e. The number of carbonyl (C=O) groups excluding carboxylic acids is 3. The van der Waals surface area contributed by atoms with Gasteiger partial charge in [-0.05, 0) is 135 Å². The van der Waals surface area contributed by atoms with Gasteiger partial charge in [-0.2, -0.15) is 0 Å². The lowest BCUT2D eigenvalue weighted by atomic mass is 10.0. The van der Waals surface area contributed by atoms with Gasteiger partial charge in [-0.1, -0.05) is 309 Å². The topological polar surface area (TPSA) is 231 Å². The summed E-state index contributed by atoms with van der Waals surface area (Å²) in [5.74, 6) is -1.62. The summed E-state index contributed by atoms with van der Waals surface area (Å²) in [6.45, 7) is 2.51. The molecular weight excluding hydrogens is 1340 g/mol. The van der Waals surface area contributed by atoms with Crippen molar-refractivity contribution in [3.63, 3.8) is 0 Å². The molecule has 0 aromatic heterocycles. The number of carbonyl (C=O) groups is 3. The zero-order valence-electron chi connectivity index (χ0n) is 65.0. The summed E-state index contributed by atoms with van der Waals surface area (Å²) in [6.07, 6.45) is 92.6. The molecule has 0 fully saturated rings.